The largest absolute Gasteiger partial charge is 0.508 e. The first-order chi connectivity index (χ1) is 17.5. The van der Waals surface area contributed by atoms with E-state index in [4.69, 9.17) is 16.6 Å². The molecule has 2 aromatic rings. The summed E-state index contributed by atoms with van der Waals surface area (Å²) >= 11 is 0. The van der Waals surface area contributed by atoms with Crippen molar-refractivity contribution in [1.29, 1.82) is 0 Å². The molecule has 0 aliphatic heterocycles. The van der Waals surface area contributed by atoms with Crippen LogP contribution in [0.3, 0.4) is 0 Å². The molecule has 0 heterocycles. The van der Waals surface area contributed by atoms with Gasteiger partial charge < -0.3 is 37.6 Å². The van der Waals surface area contributed by atoms with Gasteiger partial charge in [-0.15, -0.1) is 0 Å². The second kappa shape index (κ2) is 14.2. The molecule has 198 valence electrons. The maximum absolute atomic E-state index is 13.3. The first-order valence-corrected chi connectivity index (χ1v) is 11.5. The van der Waals surface area contributed by atoms with Crippen LogP contribution < -0.4 is 27.4 Å². The fourth-order valence-electron chi connectivity index (χ4n) is 3.40. The summed E-state index contributed by atoms with van der Waals surface area (Å²) in [7, 11) is 0. The van der Waals surface area contributed by atoms with E-state index >= 15 is 0 Å². The molecule has 0 aliphatic carbocycles. The van der Waals surface area contributed by atoms with Gasteiger partial charge >= 0.3 is 5.97 Å². The van der Waals surface area contributed by atoms with Crippen molar-refractivity contribution >= 4 is 29.6 Å². The van der Waals surface area contributed by atoms with Crippen LogP contribution in [0.1, 0.15) is 24.0 Å². The van der Waals surface area contributed by atoms with Crippen molar-refractivity contribution in [2.45, 2.75) is 43.8 Å². The molecule has 2 rings (SSSR count). The van der Waals surface area contributed by atoms with Crippen molar-refractivity contribution in [1.82, 2.24) is 16.0 Å². The maximum Gasteiger partial charge on any atom is 0.322 e. The van der Waals surface area contributed by atoms with Crippen LogP contribution in [-0.2, 0) is 36.8 Å². The van der Waals surface area contributed by atoms with Gasteiger partial charge in [-0.3, -0.25) is 24.0 Å². The Morgan fingerprint density at radius 2 is 1.32 bits per heavy atom. The quantitative estimate of drug-likeness (QED) is 0.165. The van der Waals surface area contributed by atoms with Gasteiger partial charge in [0.1, 0.15) is 24.4 Å². The molecule has 0 saturated carbocycles. The first-order valence-electron chi connectivity index (χ1n) is 11.5. The average molecular weight is 514 g/mol. The molecule has 0 fully saturated rings. The van der Waals surface area contributed by atoms with Gasteiger partial charge in [0.15, 0.2) is 0 Å². The lowest BCUT2D eigenvalue weighted by Gasteiger charge is -2.24. The molecule has 4 amide bonds. The lowest BCUT2D eigenvalue weighted by molar-refractivity contribution is -0.138. The molecule has 2 aromatic carbocycles. The number of rotatable bonds is 14. The van der Waals surface area contributed by atoms with Gasteiger partial charge in [-0.1, -0.05) is 42.5 Å². The van der Waals surface area contributed by atoms with Crippen molar-refractivity contribution in [3.05, 3.63) is 65.7 Å². The zero-order chi connectivity index (χ0) is 27.4. The molecule has 0 saturated heterocycles. The van der Waals surface area contributed by atoms with E-state index in [-0.39, 0.29) is 31.4 Å². The third-order valence-corrected chi connectivity index (χ3v) is 5.38. The minimum atomic E-state index is -1.25. The molecule has 0 radical (unpaired) electrons. The van der Waals surface area contributed by atoms with E-state index in [1.54, 1.807) is 42.5 Å². The van der Waals surface area contributed by atoms with Crippen LogP contribution in [0.15, 0.2) is 54.6 Å². The number of phenolic OH excluding ortho intramolecular Hbond substituents is 1. The Labute approximate surface area is 213 Å². The Morgan fingerprint density at radius 3 is 1.89 bits per heavy atom. The average Bonchev–Trinajstić information content (AvgIpc) is 2.86. The van der Waals surface area contributed by atoms with E-state index in [0.29, 0.717) is 11.1 Å². The van der Waals surface area contributed by atoms with Crippen molar-refractivity contribution in [3.63, 3.8) is 0 Å². The van der Waals surface area contributed by atoms with Crippen molar-refractivity contribution in [3.8, 4) is 5.75 Å². The van der Waals surface area contributed by atoms with Gasteiger partial charge in [-0.2, -0.15) is 0 Å². The molecule has 3 unspecified atom stereocenters. The predicted molar refractivity (Wildman–Crippen MR) is 133 cm³/mol. The number of benzene rings is 2. The monoisotopic (exact) mass is 513 g/mol. The summed E-state index contributed by atoms with van der Waals surface area (Å²) in [5.74, 6) is -3.99. The topological polar surface area (TPSA) is 214 Å². The number of carboxylic acids is 1. The number of aliphatic carboxylic acids is 1. The highest BCUT2D eigenvalue weighted by atomic mass is 16.4. The van der Waals surface area contributed by atoms with Crippen LogP contribution in [-0.4, -0.2) is 64.5 Å². The standard InChI is InChI=1S/C25H31N5O7/c26-18(10-11-21(27)32)23(35)29-20(13-16-6-8-17(31)9-7-16)25(37)30-19(24(36)28-14-22(33)34)12-15-4-2-1-3-5-15/h1-9,18-20,31H,10-14,26H2,(H2,27,32)(H,28,36)(H,29,35)(H,30,37)(H,33,34). The number of aromatic hydroxyl groups is 1. The zero-order valence-corrected chi connectivity index (χ0v) is 20.1. The summed E-state index contributed by atoms with van der Waals surface area (Å²) in [5.41, 5.74) is 12.3. The second-order valence-electron chi connectivity index (χ2n) is 8.41. The van der Waals surface area contributed by atoms with Crippen LogP contribution >= 0.6 is 0 Å². The minimum absolute atomic E-state index is 0.00477. The Balaban J connectivity index is 2.23. The Bertz CT molecular complexity index is 1090. The third kappa shape index (κ3) is 10.4. The SMILES string of the molecule is NC(=O)CCC(N)C(=O)NC(Cc1ccc(O)cc1)C(=O)NC(Cc1ccccc1)C(=O)NCC(=O)O. The third-order valence-electron chi connectivity index (χ3n) is 5.38. The number of amides is 4. The number of nitrogens with two attached hydrogens (primary N) is 2. The van der Waals surface area contributed by atoms with Gasteiger partial charge in [0.05, 0.1) is 6.04 Å². The number of carboxylic acid groups (broad SMARTS) is 1. The lowest BCUT2D eigenvalue weighted by Crippen LogP contribution is -2.57. The van der Waals surface area contributed by atoms with Gasteiger partial charge in [-0.25, -0.2) is 0 Å². The normalized spacial score (nSPS) is 13.0. The summed E-state index contributed by atoms with van der Waals surface area (Å²) in [6, 6.07) is 11.3. The highest BCUT2D eigenvalue weighted by Gasteiger charge is 2.29. The molecule has 0 bridgehead atoms. The van der Waals surface area contributed by atoms with Gasteiger partial charge in [0.2, 0.25) is 23.6 Å². The van der Waals surface area contributed by atoms with E-state index in [1.165, 1.54) is 12.1 Å². The fourth-order valence-corrected chi connectivity index (χ4v) is 3.40. The molecule has 12 nitrogen and oxygen atoms in total. The zero-order valence-electron chi connectivity index (χ0n) is 20.1. The summed E-state index contributed by atoms with van der Waals surface area (Å²) in [6.07, 6.45) is -0.0829. The smallest absolute Gasteiger partial charge is 0.322 e. The summed E-state index contributed by atoms with van der Waals surface area (Å²) in [4.78, 5) is 60.6. The van der Waals surface area contributed by atoms with Gasteiger partial charge in [0.25, 0.3) is 0 Å². The molecule has 12 heteroatoms. The first kappa shape index (κ1) is 28.8. The van der Waals surface area contributed by atoms with Crippen molar-refractivity contribution in [2.24, 2.45) is 11.5 Å². The van der Waals surface area contributed by atoms with E-state index in [1.807, 2.05) is 0 Å². The van der Waals surface area contributed by atoms with E-state index in [2.05, 4.69) is 16.0 Å². The van der Waals surface area contributed by atoms with E-state index < -0.39 is 54.3 Å². The second-order valence-corrected chi connectivity index (χ2v) is 8.41. The van der Waals surface area contributed by atoms with Gasteiger partial charge in [0, 0.05) is 19.3 Å². The fraction of sp³-hybridized carbons (Fsp3) is 0.320. The lowest BCUT2D eigenvalue weighted by atomic mass is 10.0. The van der Waals surface area contributed by atoms with Crippen LogP contribution in [0.4, 0.5) is 0 Å². The molecule has 9 N–H and O–H groups in total. The number of carbonyl (C=O) groups is 5. The Kier molecular flexibility index (Phi) is 11.0. The number of primary amides is 1. The molecular weight excluding hydrogens is 482 g/mol. The summed E-state index contributed by atoms with van der Waals surface area (Å²) in [6.45, 7) is -0.637. The number of nitrogens with one attached hydrogen (secondary N) is 3. The Hall–Kier alpha value is -4.45. The number of phenols is 1. The number of carbonyl (C=O) groups excluding carboxylic acids is 4. The molecule has 0 spiro atoms. The molecule has 0 aromatic heterocycles. The van der Waals surface area contributed by atoms with Crippen LogP contribution in [0.25, 0.3) is 0 Å². The summed E-state index contributed by atoms with van der Waals surface area (Å²) in [5, 5.41) is 25.8. The van der Waals surface area contributed by atoms with Crippen LogP contribution in [0.2, 0.25) is 0 Å². The van der Waals surface area contributed by atoms with Crippen molar-refractivity contribution < 1.29 is 34.2 Å². The molecule has 37 heavy (non-hydrogen) atoms. The van der Waals surface area contributed by atoms with E-state index in [0.717, 1.165) is 0 Å². The van der Waals surface area contributed by atoms with Crippen molar-refractivity contribution in [2.75, 3.05) is 6.54 Å². The number of hydrogen-bond acceptors (Lipinski definition) is 7. The van der Waals surface area contributed by atoms with Crippen LogP contribution in [0, 0.1) is 0 Å². The predicted octanol–water partition coefficient (Wildman–Crippen LogP) is -1.06. The summed E-state index contributed by atoms with van der Waals surface area (Å²) < 4.78 is 0. The number of hydrogen-bond donors (Lipinski definition) is 7. The molecular formula is C25H31N5O7. The molecule has 3 atom stereocenters. The maximum atomic E-state index is 13.3. The highest BCUT2D eigenvalue weighted by Crippen LogP contribution is 2.12. The Morgan fingerprint density at radius 1 is 0.784 bits per heavy atom. The highest BCUT2D eigenvalue weighted by molar-refractivity contribution is 5.94. The molecule has 0 aliphatic rings. The van der Waals surface area contributed by atoms with Gasteiger partial charge in [-0.05, 0) is 29.7 Å². The van der Waals surface area contributed by atoms with Crippen LogP contribution in [0.5, 0.6) is 5.75 Å². The minimum Gasteiger partial charge on any atom is -0.508 e. The van der Waals surface area contributed by atoms with E-state index in [9.17, 15) is 29.1 Å².